The lowest BCUT2D eigenvalue weighted by atomic mass is 10.2. The molecule has 0 spiro atoms. The summed E-state index contributed by atoms with van der Waals surface area (Å²) in [5.41, 5.74) is 7.69. The van der Waals surface area contributed by atoms with Crippen LogP contribution < -0.4 is 24.7 Å². The molecule has 0 bridgehead atoms. The minimum atomic E-state index is -0.833. The number of carbonyl (C=O) groups excluding carboxylic acids is 1. The maximum absolute atomic E-state index is 11.5. The molecule has 3 aromatic carbocycles. The van der Waals surface area contributed by atoms with Crippen LogP contribution in [0.25, 0.3) is 0 Å². The summed E-state index contributed by atoms with van der Waals surface area (Å²) in [6, 6.07) is 20.0. The average molecular weight is 453 g/mol. The lowest BCUT2D eigenvalue weighted by Crippen LogP contribution is -2.11. The van der Waals surface area contributed by atoms with Gasteiger partial charge in [-0.05, 0) is 53.6 Å². The maximum Gasteiger partial charge on any atom is 0.300 e. The fraction of sp³-hybridized carbons (Fsp3) is 0.200. The van der Waals surface area contributed by atoms with Crippen molar-refractivity contribution < 1.29 is 33.6 Å². The first kappa shape index (κ1) is 25.1. The summed E-state index contributed by atoms with van der Waals surface area (Å²) >= 11 is 0. The zero-order chi connectivity index (χ0) is 24.2. The Morgan fingerprint density at radius 1 is 0.758 bits per heavy atom. The van der Waals surface area contributed by atoms with E-state index in [9.17, 15) is 4.79 Å². The van der Waals surface area contributed by atoms with Crippen LogP contribution in [0.5, 0.6) is 23.0 Å². The second-order valence-corrected chi connectivity index (χ2v) is 6.82. The molecule has 0 atom stereocenters. The molecule has 0 radical (unpaired) electrons. The molecule has 8 heteroatoms. The van der Waals surface area contributed by atoms with Gasteiger partial charge in [0.25, 0.3) is 5.97 Å². The van der Waals surface area contributed by atoms with Gasteiger partial charge in [0.05, 0.1) is 14.2 Å². The number of amides is 1. The molecule has 0 unspecified atom stereocenters. The zero-order valence-corrected chi connectivity index (χ0v) is 18.7. The highest BCUT2D eigenvalue weighted by atomic mass is 16.5. The van der Waals surface area contributed by atoms with E-state index in [4.69, 9.17) is 34.6 Å². The maximum atomic E-state index is 11.5. The van der Waals surface area contributed by atoms with Crippen LogP contribution in [0.4, 0.5) is 0 Å². The van der Waals surface area contributed by atoms with Crippen molar-refractivity contribution in [1.82, 2.24) is 0 Å². The second-order valence-electron chi connectivity index (χ2n) is 6.82. The molecule has 0 saturated carbocycles. The summed E-state index contributed by atoms with van der Waals surface area (Å²) in [5.74, 6) is 1.17. The molecule has 1 amide bonds. The zero-order valence-electron chi connectivity index (χ0n) is 18.7. The number of nitrogens with two attached hydrogens (primary N) is 1. The Balaban J connectivity index is 0.000000890. The van der Waals surface area contributed by atoms with Gasteiger partial charge in [0.2, 0.25) is 5.91 Å². The predicted molar refractivity (Wildman–Crippen MR) is 123 cm³/mol. The number of hydrogen-bond donors (Lipinski definition) is 2. The Hall–Kier alpha value is -4.20. The van der Waals surface area contributed by atoms with Crippen molar-refractivity contribution in [2.45, 2.75) is 20.1 Å². The van der Waals surface area contributed by atoms with Crippen molar-refractivity contribution in [3.63, 3.8) is 0 Å². The number of aliphatic carboxylic acids is 1. The van der Waals surface area contributed by atoms with Crippen LogP contribution in [0.15, 0.2) is 66.7 Å². The molecule has 0 aromatic heterocycles. The summed E-state index contributed by atoms with van der Waals surface area (Å²) in [7, 11) is 3.24. The fourth-order valence-electron chi connectivity index (χ4n) is 2.66. The van der Waals surface area contributed by atoms with Crippen molar-refractivity contribution >= 4 is 11.9 Å². The van der Waals surface area contributed by atoms with Gasteiger partial charge in [0.15, 0.2) is 11.5 Å². The lowest BCUT2D eigenvalue weighted by Gasteiger charge is -2.14. The minimum Gasteiger partial charge on any atom is -0.497 e. The summed E-state index contributed by atoms with van der Waals surface area (Å²) < 4.78 is 22.2. The topological polar surface area (TPSA) is 117 Å². The normalized spacial score (nSPS) is 9.79. The first-order valence-electron chi connectivity index (χ1n) is 9.97. The number of ether oxygens (including phenoxy) is 4. The molecular formula is C25H27NO7. The Labute approximate surface area is 192 Å². The Kier molecular flexibility index (Phi) is 9.57. The number of primary amides is 1. The fourth-order valence-corrected chi connectivity index (χ4v) is 2.66. The number of rotatable bonds is 9. The second kappa shape index (κ2) is 12.6. The first-order chi connectivity index (χ1) is 15.8. The Morgan fingerprint density at radius 3 is 1.58 bits per heavy atom. The minimum absolute atomic E-state index is 0.311. The van der Waals surface area contributed by atoms with Gasteiger partial charge in [-0.15, -0.1) is 0 Å². The Bertz CT molecular complexity index is 1040. The van der Waals surface area contributed by atoms with E-state index in [1.165, 1.54) is 0 Å². The van der Waals surface area contributed by atoms with Gasteiger partial charge in [0, 0.05) is 12.5 Å². The van der Waals surface area contributed by atoms with Crippen molar-refractivity contribution in [1.29, 1.82) is 0 Å². The van der Waals surface area contributed by atoms with Crippen LogP contribution >= 0.6 is 0 Å². The van der Waals surface area contributed by atoms with Gasteiger partial charge in [0.1, 0.15) is 24.7 Å². The summed E-state index contributed by atoms with van der Waals surface area (Å²) in [6.45, 7) is 1.74. The molecule has 0 heterocycles. The lowest BCUT2D eigenvalue weighted by molar-refractivity contribution is -0.134. The van der Waals surface area contributed by atoms with Crippen molar-refractivity contribution in [3.05, 3.63) is 83.4 Å². The molecule has 0 saturated heterocycles. The van der Waals surface area contributed by atoms with Gasteiger partial charge in [-0.3, -0.25) is 9.59 Å². The van der Waals surface area contributed by atoms with E-state index in [1.807, 2.05) is 48.5 Å². The third-order valence-electron chi connectivity index (χ3n) is 4.34. The summed E-state index contributed by atoms with van der Waals surface area (Å²) in [6.07, 6.45) is 0. The van der Waals surface area contributed by atoms with Gasteiger partial charge in [-0.2, -0.15) is 0 Å². The van der Waals surface area contributed by atoms with Gasteiger partial charge in [-0.25, -0.2) is 0 Å². The Morgan fingerprint density at radius 2 is 1.18 bits per heavy atom. The largest absolute Gasteiger partial charge is 0.497 e. The SMILES string of the molecule is CC(=O)O.COc1ccc(COc2ccc(C(N)=O)cc2OCc2ccc(OC)cc2)cc1. The quantitative estimate of drug-likeness (QED) is 0.502. The number of benzene rings is 3. The number of carboxylic acid groups (broad SMARTS) is 1. The van der Waals surface area contributed by atoms with E-state index in [2.05, 4.69) is 0 Å². The molecule has 3 N–H and O–H groups in total. The van der Waals surface area contributed by atoms with Crippen molar-refractivity contribution in [3.8, 4) is 23.0 Å². The molecule has 0 aliphatic heterocycles. The van der Waals surface area contributed by atoms with Gasteiger partial charge in [-0.1, -0.05) is 24.3 Å². The van der Waals surface area contributed by atoms with Crippen LogP contribution in [0.1, 0.15) is 28.4 Å². The van der Waals surface area contributed by atoms with Crippen LogP contribution in [0.3, 0.4) is 0 Å². The summed E-state index contributed by atoms with van der Waals surface area (Å²) in [5, 5.41) is 7.42. The van der Waals surface area contributed by atoms with E-state index in [0.717, 1.165) is 29.5 Å². The van der Waals surface area contributed by atoms with E-state index in [1.54, 1.807) is 32.4 Å². The number of carboxylic acids is 1. The van der Waals surface area contributed by atoms with E-state index >= 15 is 0 Å². The van der Waals surface area contributed by atoms with E-state index < -0.39 is 11.9 Å². The molecule has 8 nitrogen and oxygen atoms in total. The molecule has 3 rings (SSSR count). The standard InChI is InChI=1S/C23H23NO5.C2H4O2/c1-26-19-8-3-16(4-9-19)14-28-21-12-7-18(23(24)25)13-22(21)29-15-17-5-10-20(27-2)11-6-17;1-2(3)4/h3-13H,14-15H2,1-2H3,(H2,24,25);1H3,(H,3,4). The highest BCUT2D eigenvalue weighted by Crippen LogP contribution is 2.30. The molecule has 0 aliphatic carbocycles. The number of methoxy groups -OCH3 is 2. The molecule has 0 aliphatic rings. The molecule has 0 fully saturated rings. The molecular weight excluding hydrogens is 426 g/mol. The monoisotopic (exact) mass is 453 g/mol. The van der Waals surface area contributed by atoms with Gasteiger partial charge < -0.3 is 29.8 Å². The number of hydrogen-bond acceptors (Lipinski definition) is 6. The van der Waals surface area contributed by atoms with E-state index in [-0.39, 0.29) is 0 Å². The third-order valence-corrected chi connectivity index (χ3v) is 4.34. The number of carbonyl (C=O) groups is 2. The predicted octanol–water partition coefficient (Wildman–Crippen LogP) is 4.05. The van der Waals surface area contributed by atoms with Crippen LogP contribution in [-0.2, 0) is 18.0 Å². The molecule has 174 valence electrons. The van der Waals surface area contributed by atoms with Crippen LogP contribution in [-0.4, -0.2) is 31.2 Å². The molecule has 3 aromatic rings. The van der Waals surface area contributed by atoms with Crippen molar-refractivity contribution in [2.24, 2.45) is 5.73 Å². The molecule has 33 heavy (non-hydrogen) atoms. The highest BCUT2D eigenvalue weighted by Gasteiger charge is 2.11. The third kappa shape index (κ3) is 8.45. The highest BCUT2D eigenvalue weighted by molar-refractivity contribution is 5.93. The van der Waals surface area contributed by atoms with Gasteiger partial charge >= 0.3 is 0 Å². The summed E-state index contributed by atoms with van der Waals surface area (Å²) in [4.78, 5) is 20.5. The van der Waals surface area contributed by atoms with Crippen molar-refractivity contribution in [2.75, 3.05) is 14.2 Å². The average Bonchev–Trinajstić information content (AvgIpc) is 2.81. The van der Waals surface area contributed by atoms with Crippen LogP contribution in [0.2, 0.25) is 0 Å². The first-order valence-corrected chi connectivity index (χ1v) is 9.97. The van der Waals surface area contributed by atoms with Crippen LogP contribution in [0, 0.1) is 0 Å². The van der Waals surface area contributed by atoms with E-state index in [0.29, 0.717) is 30.3 Å². The smallest absolute Gasteiger partial charge is 0.300 e.